The Bertz CT molecular complexity index is 1500. The van der Waals surface area contributed by atoms with Gasteiger partial charge in [-0.05, 0) is 73.9 Å². The molecule has 1 aromatic heterocycles. The molecule has 4 rings (SSSR count). The Morgan fingerprint density at radius 1 is 1.05 bits per heavy atom. The van der Waals surface area contributed by atoms with Crippen molar-refractivity contribution in [3.63, 3.8) is 0 Å². The molecule has 1 heterocycles. The second kappa shape index (κ2) is 11.5. The molecule has 1 fully saturated rings. The number of H-pyrrole nitrogens is 1. The largest absolute Gasteiger partial charge is 0.358 e. The van der Waals surface area contributed by atoms with Gasteiger partial charge in [0.1, 0.15) is 5.82 Å². The van der Waals surface area contributed by atoms with E-state index in [0.717, 1.165) is 22.9 Å². The Kier molecular flexibility index (Phi) is 8.55. The van der Waals surface area contributed by atoms with Crippen LogP contribution in [0.3, 0.4) is 0 Å². The summed E-state index contributed by atoms with van der Waals surface area (Å²) in [6, 6.07) is 12.1. The molecule has 1 saturated carbocycles. The van der Waals surface area contributed by atoms with E-state index in [-0.39, 0.29) is 41.2 Å². The zero-order valence-electron chi connectivity index (χ0n) is 21.2. The lowest BCUT2D eigenvalue weighted by Crippen LogP contribution is -2.41. The van der Waals surface area contributed by atoms with Crippen molar-refractivity contribution in [3.8, 4) is 0 Å². The fraction of sp³-hybridized carbons (Fsp3) is 0.423. The highest BCUT2D eigenvalue weighted by Crippen LogP contribution is 2.27. The smallest absolute Gasteiger partial charge is 0.264 e. The second-order valence-electron chi connectivity index (χ2n) is 9.77. The minimum absolute atomic E-state index is 0.00971. The number of aromatic amines is 1. The molecule has 0 bridgehead atoms. The monoisotopic (exact) mass is 565 g/mol. The summed E-state index contributed by atoms with van der Waals surface area (Å²) in [5.41, 5.74) is 2.17. The highest BCUT2D eigenvalue weighted by Gasteiger charge is 2.30. The number of sulfonamides is 1. The molecule has 1 aliphatic rings. The number of rotatable bonds is 10. The van der Waals surface area contributed by atoms with Crippen molar-refractivity contribution in [1.82, 2.24) is 15.0 Å². The molecule has 1 atom stereocenters. The molecule has 206 valence electrons. The standard InChI is InChI=1S/C26H32FN3O6S2/c1-17(18-3-8-21(27)9-4-18)28-26(31)19-5-10-22(11-6-19)30-38(34,35)24-12-7-20-15-23(29-25(20)16-24)13-14-36-37(2,32)33/h3-4,7-9,12,15-17,19,22,29-30H,5-6,10-11,13-14H2,1-2H3,(H,28,31). The van der Waals surface area contributed by atoms with Crippen LogP contribution in [0.15, 0.2) is 53.4 Å². The molecule has 3 aromatic rings. The summed E-state index contributed by atoms with van der Waals surface area (Å²) in [7, 11) is -7.31. The predicted octanol–water partition coefficient (Wildman–Crippen LogP) is 3.54. The molecule has 0 aliphatic heterocycles. The number of aromatic nitrogens is 1. The maximum atomic E-state index is 13.2. The van der Waals surface area contributed by atoms with Crippen molar-refractivity contribution in [2.45, 2.75) is 56.0 Å². The third kappa shape index (κ3) is 7.40. The number of benzene rings is 2. The molecule has 0 radical (unpaired) electrons. The van der Waals surface area contributed by atoms with Crippen LogP contribution < -0.4 is 10.0 Å². The van der Waals surface area contributed by atoms with Crippen molar-refractivity contribution >= 4 is 37.0 Å². The fourth-order valence-electron chi connectivity index (χ4n) is 4.70. The maximum absolute atomic E-state index is 13.2. The first-order chi connectivity index (χ1) is 17.9. The summed E-state index contributed by atoms with van der Waals surface area (Å²) in [6.07, 6.45) is 3.52. The van der Waals surface area contributed by atoms with Gasteiger partial charge in [-0.25, -0.2) is 17.5 Å². The van der Waals surface area contributed by atoms with Gasteiger partial charge in [-0.3, -0.25) is 8.98 Å². The fourth-order valence-corrected chi connectivity index (χ4v) is 6.41. The van der Waals surface area contributed by atoms with E-state index in [1.54, 1.807) is 24.3 Å². The highest BCUT2D eigenvalue weighted by molar-refractivity contribution is 7.89. The number of nitrogens with one attached hydrogen (secondary N) is 3. The summed E-state index contributed by atoms with van der Waals surface area (Å²) >= 11 is 0. The van der Waals surface area contributed by atoms with E-state index in [1.807, 2.05) is 13.0 Å². The molecule has 1 unspecified atom stereocenters. The molecule has 0 saturated heterocycles. The van der Waals surface area contributed by atoms with Crippen molar-refractivity contribution < 1.29 is 30.2 Å². The quantitative estimate of drug-likeness (QED) is 0.322. The Morgan fingerprint density at radius 3 is 2.39 bits per heavy atom. The van der Waals surface area contributed by atoms with Crippen molar-refractivity contribution in [1.29, 1.82) is 0 Å². The van der Waals surface area contributed by atoms with Crippen LogP contribution in [0.4, 0.5) is 4.39 Å². The molecule has 3 N–H and O–H groups in total. The molecule has 9 nitrogen and oxygen atoms in total. The van der Waals surface area contributed by atoms with Gasteiger partial charge in [0, 0.05) is 29.6 Å². The van der Waals surface area contributed by atoms with Crippen LogP contribution >= 0.6 is 0 Å². The number of carbonyl (C=O) groups excluding carboxylic acids is 1. The van der Waals surface area contributed by atoms with Gasteiger partial charge in [-0.15, -0.1) is 0 Å². The highest BCUT2D eigenvalue weighted by atomic mass is 32.2. The van der Waals surface area contributed by atoms with Crippen molar-refractivity contribution in [3.05, 3.63) is 65.6 Å². The van der Waals surface area contributed by atoms with Crippen molar-refractivity contribution in [2.75, 3.05) is 12.9 Å². The lowest BCUT2D eigenvalue weighted by Gasteiger charge is -2.29. The molecule has 1 amide bonds. The van der Waals surface area contributed by atoms with E-state index in [4.69, 9.17) is 4.18 Å². The molecular weight excluding hydrogens is 533 g/mol. The summed E-state index contributed by atoms with van der Waals surface area (Å²) in [4.78, 5) is 16.0. The van der Waals surface area contributed by atoms with Gasteiger partial charge in [-0.1, -0.05) is 18.2 Å². The first kappa shape index (κ1) is 28.2. The minimum Gasteiger partial charge on any atom is -0.358 e. The molecule has 38 heavy (non-hydrogen) atoms. The van der Waals surface area contributed by atoms with Crippen LogP contribution in [-0.4, -0.2) is 46.6 Å². The zero-order chi connectivity index (χ0) is 27.5. The molecular formula is C26H32FN3O6S2. The predicted molar refractivity (Wildman–Crippen MR) is 142 cm³/mol. The number of fused-ring (bicyclic) bond motifs is 1. The maximum Gasteiger partial charge on any atom is 0.264 e. The van der Waals surface area contributed by atoms with Crippen LogP contribution in [0.5, 0.6) is 0 Å². The zero-order valence-corrected chi connectivity index (χ0v) is 22.9. The summed E-state index contributed by atoms with van der Waals surface area (Å²) in [5.74, 6) is -0.625. The van der Waals surface area contributed by atoms with Gasteiger partial charge in [0.15, 0.2) is 0 Å². The van der Waals surface area contributed by atoms with E-state index in [2.05, 4.69) is 15.0 Å². The van der Waals surface area contributed by atoms with Crippen molar-refractivity contribution in [2.24, 2.45) is 5.92 Å². The number of hydrogen-bond donors (Lipinski definition) is 3. The van der Waals surface area contributed by atoms with Crippen LogP contribution in [0.1, 0.15) is 49.9 Å². The normalized spacial score (nSPS) is 19.3. The Labute approximate surface area is 222 Å². The number of amides is 1. The Balaban J connectivity index is 1.31. The van der Waals surface area contributed by atoms with Crippen LogP contribution in [-0.2, 0) is 35.5 Å². The number of hydrogen-bond acceptors (Lipinski definition) is 6. The van der Waals surface area contributed by atoms with Crippen LogP contribution in [0.2, 0.25) is 0 Å². The van der Waals surface area contributed by atoms with E-state index in [9.17, 15) is 26.0 Å². The molecule has 12 heteroatoms. The second-order valence-corrected chi connectivity index (χ2v) is 13.1. The third-order valence-corrected chi connectivity index (χ3v) is 8.89. The van der Waals surface area contributed by atoms with E-state index < -0.39 is 20.1 Å². The average Bonchev–Trinajstić information content (AvgIpc) is 3.26. The summed E-state index contributed by atoms with van der Waals surface area (Å²) in [6.45, 7) is 1.84. The topological polar surface area (TPSA) is 134 Å². The number of halogens is 1. The Morgan fingerprint density at radius 2 is 1.74 bits per heavy atom. The van der Waals surface area contributed by atoms with Gasteiger partial charge in [0.05, 0.1) is 23.8 Å². The van der Waals surface area contributed by atoms with Gasteiger partial charge in [0.25, 0.3) is 10.1 Å². The number of carbonyl (C=O) groups is 1. The molecule has 1 aliphatic carbocycles. The minimum atomic E-state index is -3.78. The lowest BCUT2D eigenvalue weighted by molar-refractivity contribution is -0.126. The van der Waals surface area contributed by atoms with E-state index in [0.29, 0.717) is 37.6 Å². The van der Waals surface area contributed by atoms with Gasteiger partial charge in [0.2, 0.25) is 15.9 Å². The van der Waals surface area contributed by atoms with E-state index >= 15 is 0 Å². The average molecular weight is 566 g/mol. The summed E-state index contributed by atoms with van der Waals surface area (Å²) in [5, 5.41) is 3.78. The van der Waals surface area contributed by atoms with Crippen LogP contribution in [0.25, 0.3) is 10.9 Å². The van der Waals surface area contributed by atoms with Gasteiger partial charge < -0.3 is 10.3 Å². The lowest BCUT2D eigenvalue weighted by atomic mass is 9.85. The third-order valence-electron chi connectivity index (χ3n) is 6.78. The van der Waals surface area contributed by atoms with E-state index in [1.165, 1.54) is 18.2 Å². The Hall–Kier alpha value is -2.80. The van der Waals surface area contributed by atoms with Gasteiger partial charge >= 0.3 is 0 Å². The van der Waals surface area contributed by atoms with Crippen LogP contribution in [0, 0.1) is 11.7 Å². The summed E-state index contributed by atoms with van der Waals surface area (Å²) < 4.78 is 69.1. The molecule has 0 spiro atoms. The first-order valence-corrected chi connectivity index (χ1v) is 15.7. The first-order valence-electron chi connectivity index (χ1n) is 12.4. The molecule has 2 aromatic carbocycles. The SMILES string of the molecule is CC(NC(=O)C1CCC(NS(=O)(=O)c2ccc3cc(CCOS(C)(=O)=O)[nH]c3c2)CC1)c1ccc(F)cc1. The van der Waals surface area contributed by atoms with Gasteiger partial charge in [-0.2, -0.15) is 8.42 Å².